The minimum Gasteiger partial charge on any atom is -0.457 e. The molecule has 0 saturated carbocycles. The van der Waals surface area contributed by atoms with Crippen molar-refractivity contribution in [3.05, 3.63) is 76.5 Å². The summed E-state index contributed by atoms with van der Waals surface area (Å²) >= 11 is 11.5. The smallest absolute Gasteiger partial charge is 0.250 e. The molecule has 1 aromatic heterocycles. The van der Waals surface area contributed by atoms with Gasteiger partial charge in [-0.3, -0.25) is 10.1 Å². The first-order chi connectivity index (χ1) is 15.8. The Morgan fingerprint density at radius 2 is 1.82 bits per heavy atom. The van der Waals surface area contributed by atoms with E-state index >= 15 is 0 Å². The predicted octanol–water partition coefficient (Wildman–Crippen LogP) is 6.59. The molecule has 0 bridgehead atoms. The van der Waals surface area contributed by atoms with Crippen molar-refractivity contribution >= 4 is 52.3 Å². The molecule has 0 spiro atoms. The van der Waals surface area contributed by atoms with Gasteiger partial charge in [-0.15, -0.1) is 0 Å². The summed E-state index contributed by atoms with van der Waals surface area (Å²) < 4.78 is 5.80. The van der Waals surface area contributed by atoms with Crippen molar-refractivity contribution in [2.45, 2.75) is 27.7 Å². The van der Waals surface area contributed by atoms with Crippen LogP contribution >= 0.6 is 23.8 Å². The van der Waals surface area contributed by atoms with Crippen molar-refractivity contribution in [3.63, 3.8) is 0 Å². The zero-order chi connectivity index (χ0) is 24.0. The van der Waals surface area contributed by atoms with Gasteiger partial charge in [0.25, 0.3) is 0 Å². The predicted molar refractivity (Wildman–Crippen MR) is 142 cm³/mol. The Kier molecular flexibility index (Phi) is 8.31. The highest BCUT2D eigenvalue weighted by Crippen LogP contribution is 2.27. The van der Waals surface area contributed by atoms with Crippen molar-refractivity contribution < 1.29 is 9.21 Å². The van der Waals surface area contributed by atoms with Crippen LogP contribution in [0.25, 0.3) is 17.4 Å². The van der Waals surface area contributed by atoms with Gasteiger partial charge >= 0.3 is 0 Å². The number of anilines is 2. The van der Waals surface area contributed by atoms with Crippen LogP contribution in [0.4, 0.5) is 11.4 Å². The molecule has 33 heavy (non-hydrogen) atoms. The first-order valence-corrected chi connectivity index (χ1v) is 11.6. The van der Waals surface area contributed by atoms with Gasteiger partial charge in [-0.2, -0.15) is 0 Å². The maximum Gasteiger partial charge on any atom is 0.250 e. The Labute approximate surface area is 205 Å². The minimum atomic E-state index is -0.346. The van der Waals surface area contributed by atoms with Gasteiger partial charge in [0.1, 0.15) is 11.5 Å². The van der Waals surface area contributed by atoms with Crippen molar-refractivity contribution in [3.8, 4) is 11.3 Å². The van der Waals surface area contributed by atoms with E-state index < -0.39 is 0 Å². The fraction of sp³-hybridized carbons (Fsp3) is 0.231. The number of benzene rings is 2. The normalized spacial score (nSPS) is 10.9. The summed E-state index contributed by atoms with van der Waals surface area (Å²) in [7, 11) is 0. The van der Waals surface area contributed by atoms with Gasteiger partial charge in [0.15, 0.2) is 5.11 Å². The lowest BCUT2D eigenvalue weighted by molar-refractivity contribution is -0.115. The lowest BCUT2D eigenvalue weighted by atomic mass is 10.1. The fourth-order valence-electron chi connectivity index (χ4n) is 3.38. The maximum absolute atomic E-state index is 12.3. The molecule has 0 aliphatic rings. The summed E-state index contributed by atoms with van der Waals surface area (Å²) in [5.74, 6) is 0.887. The van der Waals surface area contributed by atoms with E-state index in [0.717, 1.165) is 41.2 Å². The van der Waals surface area contributed by atoms with Crippen molar-refractivity contribution in [2.75, 3.05) is 23.3 Å². The standard InChI is InChI=1S/C26H28ClN3O2S/c1-5-30(6-2)20-9-12-23(18(4)15-20)28-26(33)29-25(31)14-11-21-10-13-24(32-21)19-8-7-17(3)22(27)16-19/h7-16H,5-6H2,1-4H3,(H2,28,29,31,33)/b14-11+. The molecule has 3 rings (SSSR count). The van der Waals surface area contributed by atoms with E-state index in [0.29, 0.717) is 16.5 Å². The molecule has 1 heterocycles. The average molecular weight is 482 g/mol. The van der Waals surface area contributed by atoms with Gasteiger partial charge in [-0.25, -0.2) is 0 Å². The molecule has 3 aromatic rings. The van der Waals surface area contributed by atoms with Gasteiger partial charge < -0.3 is 14.6 Å². The van der Waals surface area contributed by atoms with Crippen LogP contribution in [0, 0.1) is 13.8 Å². The number of nitrogens with one attached hydrogen (secondary N) is 2. The van der Waals surface area contributed by atoms with Crippen LogP contribution in [0.5, 0.6) is 0 Å². The molecule has 1 amide bonds. The van der Waals surface area contributed by atoms with Crippen LogP contribution in [0.15, 0.2) is 59.0 Å². The number of carbonyl (C=O) groups is 1. The van der Waals surface area contributed by atoms with E-state index in [4.69, 9.17) is 28.2 Å². The van der Waals surface area contributed by atoms with Crippen molar-refractivity contribution in [1.29, 1.82) is 0 Å². The van der Waals surface area contributed by atoms with Crippen molar-refractivity contribution in [2.24, 2.45) is 0 Å². The number of hydrogen-bond donors (Lipinski definition) is 2. The van der Waals surface area contributed by atoms with Gasteiger partial charge in [-0.05, 0) is 93.5 Å². The number of hydrogen-bond acceptors (Lipinski definition) is 4. The van der Waals surface area contributed by atoms with Crippen LogP contribution in [0.1, 0.15) is 30.7 Å². The van der Waals surface area contributed by atoms with E-state index in [1.165, 1.54) is 6.08 Å². The molecule has 0 radical (unpaired) electrons. The van der Waals surface area contributed by atoms with E-state index in [1.807, 2.05) is 50.2 Å². The Morgan fingerprint density at radius 3 is 2.48 bits per heavy atom. The third kappa shape index (κ3) is 6.46. The summed E-state index contributed by atoms with van der Waals surface area (Å²) in [6, 6.07) is 15.5. The molecular formula is C26H28ClN3O2S. The number of halogens is 1. The third-order valence-corrected chi connectivity index (χ3v) is 5.92. The number of rotatable bonds is 7. The Morgan fingerprint density at radius 1 is 1.06 bits per heavy atom. The quantitative estimate of drug-likeness (QED) is 0.294. The van der Waals surface area contributed by atoms with Gasteiger partial charge in [0, 0.05) is 41.1 Å². The van der Waals surface area contributed by atoms with Crippen molar-refractivity contribution in [1.82, 2.24) is 5.32 Å². The Bertz CT molecular complexity index is 1180. The zero-order valence-electron chi connectivity index (χ0n) is 19.2. The SMILES string of the molecule is CCN(CC)c1ccc(NC(=S)NC(=O)/C=C/c2ccc(-c3ccc(C)c(Cl)c3)o2)c(C)c1. The van der Waals surface area contributed by atoms with Gasteiger partial charge in [0.05, 0.1) is 0 Å². The first-order valence-electron chi connectivity index (χ1n) is 10.8. The molecule has 7 heteroatoms. The number of aryl methyl sites for hydroxylation is 2. The fourth-order valence-corrected chi connectivity index (χ4v) is 3.77. The van der Waals surface area contributed by atoms with Crippen LogP contribution in [-0.2, 0) is 4.79 Å². The highest BCUT2D eigenvalue weighted by Gasteiger charge is 2.09. The molecule has 0 atom stereocenters. The maximum atomic E-state index is 12.3. The average Bonchev–Trinajstić information content (AvgIpc) is 3.26. The second-order valence-corrected chi connectivity index (χ2v) is 8.43. The van der Waals surface area contributed by atoms with E-state index in [-0.39, 0.29) is 11.0 Å². The highest BCUT2D eigenvalue weighted by atomic mass is 35.5. The summed E-state index contributed by atoms with van der Waals surface area (Å²) in [5, 5.41) is 6.66. The second kappa shape index (κ2) is 11.2. The number of furan rings is 1. The lowest BCUT2D eigenvalue weighted by Gasteiger charge is -2.22. The third-order valence-electron chi connectivity index (χ3n) is 5.31. The molecule has 5 nitrogen and oxygen atoms in total. The van der Waals surface area contributed by atoms with Crippen LogP contribution in [0.2, 0.25) is 5.02 Å². The molecule has 0 aliphatic heterocycles. The Balaban J connectivity index is 1.58. The van der Waals surface area contributed by atoms with E-state index in [9.17, 15) is 4.79 Å². The number of thiocarbonyl (C=S) groups is 1. The zero-order valence-corrected chi connectivity index (χ0v) is 20.8. The number of amides is 1. The van der Waals surface area contributed by atoms with Gasteiger partial charge in [-0.1, -0.05) is 23.7 Å². The summed E-state index contributed by atoms with van der Waals surface area (Å²) in [6.07, 6.45) is 2.98. The summed E-state index contributed by atoms with van der Waals surface area (Å²) in [6.45, 7) is 10.1. The number of nitrogens with zero attached hydrogens (tertiary/aromatic N) is 1. The molecular weight excluding hydrogens is 454 g/mol. The summed E-state index contributed by atoms with van der Waals surface area (Å²) in [5.41, 5.74) is 4.94. The largest absolute Gasteiger partial charge is 0.457 e. The summed E-state index contributed by atoms with van der Waals surface area (Å²) in [4.78, 5) is 14.6. The van der Waals surface area contributed by atoms with Crippen LogP contribution in [-0.4, -0.2) is 24.1 Å². The first kappa shape index (κ1) is 24.6. The molecule has 0 saturated heterocycles. The minimum absolute atomic E-state index is 0.234. The van der Waals surface area contributed by atoms with Crippen LogP contribution in [0.3, 0.4) is 0 Å². The molecule has 172 valence electrons. The van der Waals surface area contributed by atoms with E-state index in [2.05, 4.69) is 35.4 Å². The molecule has 0 aliphatic carbocycles. The molecule has 0 fully saturated rings. The second-order valence-electron chi connectivity index (χ2n) is 7.61. The lowest BCUT2D eigenvalue weighted by Crippen LogP contribution is -2.33. The number of carbonyl (C=O) groups excluding carboxylic acids is 1. The highest BCUT2D eigenvalue weighted by molar-refractivity contribution is 7.80. The topological polar surface area (TPSA) is 57.5 Å². The Hall–Kier alpha value is -3.09. The molecule has 0 unspecified atom stereocenters. The van der Waals surface area contributed by atoms with Crippen LogP contribution < -0.4 is 15.5 Å². The van der Waals surface area contributed by atoms with Gasteiger partial charge in [0.2, 0.25) is 5.91 Å². The monoisotopic (exact) mass is 481 g/mol. The molecule has 2 N–H and O–H groups in total. The van der Waals surface area contributed by atoms with E-state index in [1.54, 1.807) is 12.1 Å². The molecule has 2 aromatic carbocycles.